The number of aromatic nitrogens is 4. The van der Waals surface area contributed by atoms with E-state index < -0.39 is 0 Å². The van der Waals surface area contributed by atoms with Gasteiger partial charge >= 0.3 is 0 Å². The summed E-state index contributed by atoms with van der Waals surface area (Å²) in [6.45, 7) is 0. The molecule has 0 N–H and O–H groups in total. The van der Waals surface area contributed by atoms with Crippen molar-refractivity contribution in [2.24, 2.45) is 0 Å². The van der Waals surface area contributed by atoms with E-state index in [9.17, 15) is 0 Å². The Morgan fingerprint density at radius 3 is 2.79 bits per heavy atom. The molecule has 0 fully saturated rings. The summed E-state index contributed by atoms with van der Waals surface area (Å²) in [5.41, 5.74) is 3.15. The predicted octanol–water partition coefficient (Wildman–Crippen LogP) is 5.27. The molecule has 0 unspecified atom stereocenters. The minimum atomic E-state index is 0.727. The Labute approximate surface area is 176 Å². The van der Waals surface area contributed by atoms with Crippen LogP contribution in [0.4, 0.5) is 0 Å². The summed E-state index contributed by atoms with van der Waals surface area (Å²) >= 11 is 9.22. The number of halogens is 1. The van der Waals surface area contributed by atoms with E-state index in [0.717, 1.165) is 44.5 Å². The van der Waals surface area contributed by atoms with Crippen molar-refractivity contribution in [3.8, 4) is 11.4 Å². The molecule has 0 aliphatic carbocycles. The molecule has 142 valence electrons. The van der Waals surface area contributed by atoms with Gasteiger partial charge in [-0.3, -0.25) is 4.57 Å². The lowest BCUT2D eigenvalue weighted by Gasteiger charge is -2.10. The van der Waals surface area contributed by atoms with Crippen LogP contribution in [-0.4, -0.2) is 26.9 Å². The minimum Gasteiger partial charge on any atom is -0.495 e. The first kappa shape index (κ1) is 19.0. The smallest absolute Gasteiger partial charge is 0.196 e. The molecule has 4 aromatic rings. The molecule has 8 heteroatoms. The molecule has 0 radical (unpaired) electrons. The number of thioether (sulfide) groups is 1. The van der Waals surface area contributed by atoms with Crippen molar-refractivity contribution < 1.29 is 4.74 Å². The molecular weight excluding hydrogens is 412 g/mol. The number of methoxy groups -OCH3 is 1. The van der Waals surface area contributed by atoms with Gasteiger partial charge in [-0.25, -0.2) is 4.98 Å². The van der Waals surface area contributed by atoms with E-state index in [2.05, 4.69) is 15.6 Å². The highest BCUT2D eigenvalue weighted by molar-refractivity contribution is 7.98. The lowest BCUT2D eigenvalue weighted by Crippen LogP contribution is -1.98. The van der Waals surface area contributed by atoms with E-state index >= 15 is 0 Å². The molecule has 0 saturated carbocycles. The van der Waals surface area contributed by atoms with E-state index in [1.165, 1.54) is 5.56 Å². The van der Waals surface area contributed by atoms with Crippen molar-refractivity contribution in [2.75, 3.05) is 7.11 Å². The summed E-state index contributed by atoms with van der Waals surface area (Å²) in [6, 6.07) is 15.7. The van der Waals surface area contributed by atoms with Gasteiger partial charge in [0, 0.05) is 22.6 Å². The van der Waals surface area contributed by atoms with Crippen LogP contribution in [0.5, 0.6) is 5.75 Å². The number of hydrogen-bond donors (Lipinski definition) is 0. The maximum Gasteiger partial charge on any atom is 0.196 e. The highest BCUT2D eigenvalue weighted by atomic mass is 35.5. The molecule has 0 amide bonds. The topological polar surface area (TPSA) is 52.8 Å². The standard InChI is InChI=1S/C20H17ClN4OS2/c1-26-18-5-3-2-4-17(18)25-13-22-24-20(25)28-12-16-11-27-19(23-16)10-14-6-8-15(21)9-7-14/h2-9,11,13H,10,12H2,1H3. The Kier molecular flexibility index (Phi) is 5.95. The van der Waals surface area contributed by atoms with Crippen LogP contribution in [0.3, 0.4) is 0 Å². The van der Waals surface area contributed by atoms with Crippen molar-refractivity contribution in [1.82, 2.24) is 19.7 Å². The van der Waals surface area contributed by atoms with Crippen LogP contribution in [0.2, 0.25) is 5.02 Å². The van der Waals surface area contributed by atoms with Gasteiger partial charge in [-0.15, -0.1) is 21.5 Å². The zero-order chi connectivity index (χ0) is 19.3. The second-order valence-electron chi connectivity index (χ2n) is 5.98. The Morgan fingerprint density at radius 1 is 1.14 bits per heavy atom. The average molecular weight is 429 g/mol. The number of ether oxygens (including phenoxy) is 1. The first-order valence-electron chi connectivity index (χ1n) is 8.57. The van der Waals surface area contributed by atoms with Crippen molar-refractivity contribution in [3.63, 3.8) is 0 Å². The fourth-order valence-corrected chi connectivity index (χ4v) is 4.60. The zero-order valence-corrected chi connectivity index (χ0v) is 17.5. The van der Waals surface area contributed by atoms with Crippen molar-refractivity contribution >= 4 is 34.7 Å². The van der Waals surface area contributed by atoms with Gasteiger partial charge in [-0.1, -0.05) is 47.6 Å². The van der Waals surface area contributed by atoms with Gasteiger partial charge in [0.05, 0.1) is 23.5 Å². The molecule has 2 aromatic carbocycles. The summed E-state index contributed by atoms with van der Waals surface area (Å²) in [4.78, 5) is 4.75. The fourth-order valence-electron chi connectivity index (χ4n) is 2.73. The zero-order valence-electron chi connectivity index (χ0n) is 15.1. The van der Waals surface area contributed by atoms with Crippen molar-refractivity contribution in [1.29, 1.82) is 0 Å². The van der Waals surface area contributed by atoms with Gasteiger partial charge < -0.3 is 4.74 Å². The average Bonchev–Trinajstić information content (AvgIpc) is 3.37. The van der Waals surface area contributed by atoms with Crippen LogP contribution in [0, 0.1) is 0 Å². The summed E-state index contributed by atoms with van der Waals surface area (Å²) < 4.78 is 7.38. The second-order valence-corrected chi connectivity index (χ2v) is 8.30. The van der Waals surface area contributed by atoms with E-state index in [1.807, 2.05) is 53.1 Å². The fraction of sp³-hybridized carbons (Fsp3) is 0.150. The molecule has 2 heterocycles. The van der Waals surface area contributed by atoms with Gasteiger partial charge in [-0.05, 0) is 29.8 Å². The third-order valence-electron chi connectivity index (χ3n) is 4.08. The number of hydrogen-bond acceptors (Lipinski definition) is 6. The van der Waals surface area contributed by atoms with Crippen LogP contribution >= 0.6 is 34.7 Å². The highest BCUT2D eigenvalue weighted by Crippen LogP contribution is 2.28. The first-order valence-corrected chi connectivity index (χ1v) is 10.8. The Balaban J connectivity index is 1.44. The lowest BCUT2D eigenvalue weighted by atomic mass is 10.2. The van der Waals surface area contributed by atoms with Crippen molar-refractivity contribution in [3.05, 3.63) is 81.5 Å². The SMILES string of the molecule is COc1ccccc1-n1cnnc1SCc1csc(Cc2ccc(Cl)cc2)n1. The van der Waals surface area contributed by atoms with Gasteiger partial charge in [0.15, 0.2) is 5.16 Å². The molecule has 28 heavy (non-hydrogen) atoms. The maximum absolute atomic E-state index is 5.95. The molecule has 5 nitrogen and oxygen atoms in total. The third kappa shape index (κ3) is 4.38. The van der Waals surface area contributed by atoms with Gasteiger partial charge in [0.2, 0.25) is 0 Å². The van der Waals surface area contributed by atoms with E-state index in [-0.39, 0.29) is 0 Å². The molecule has 0 saturated heterocycles. The summed E-state index contributed by atoms with van der Waals surface area (Å²) in [6.07, 6.45) is 2.51. The molecule has 2 aromatic heterocycles. The van der Waals surface area contributed by atoms with Gasteiger partial charge in [0.25, 0.3) is 0 Å². The van der Waals surface area contributed by atoms with Crippen LogP contribution in [-0.2, 0) is 12.2 Å². The molecular formula is C20H17ClN4OS2. The summed E-state index contributed by atoms with van der Waals surface area (Å²) in [5.74, 6) is 1.51. The van der Waals surface area contributed by atoms with E-state index in [0.29, 0.717) is 0 Å². The lowest BCUT2D eigenvalue weighted by molar-refractivity contribution is 0.412. The Morgan fingerprint density at radius 2 is 1.96 bits per heavy atom. The van der Waals surface area contributed by atoms with Gasteiger partial charge in [-0.2, -0.15) is 0 Å². The maximum atomic E-state index is 5.95. The Hall–Kier alpha value is -2.35. The molecule has 4 rings (SSSR count). The highest BCUT2D eigenvalue weighted by Gasteiger charge is 2.12. The number of para-hydroxylation sites is 2. The number of thiazole rings is 1. The van der Waals surface area contributed by atoms with Crippen LogP contribution in [0.25, 0.3) is 5.69 Å². The molecule has 0 bridgehead atoms. The minimum absolute atomic E-state index is 0.727. The second kappa shape index (κ2) is 8.77. The number of benzene rings is 2. The van der Waals surface area contributed by atoms with Crippen LogP contribution in [0.15, 0.2) is 65.4 Å². The molecule has 0 aliphatic rings. The number of rotatable bonds is 7. The summed E-state index contributed by atoms with van der Waals surface area (Å²) in [7, 11) is 1.66. The van der Waals surface area contributed by atoms with Crippen molar-refractivity contribution in [2.45, 2.75) is 17.3 Å². The molecule has 0 spiro atoms. The first-order chi connectivity index (χ1) is 13.7. The third-order valence-corrected chi connectivity index (χ3v) is 6.20. The Bertz CT molecular complexity index is 1060. The largest absolute Gasteiger partial charge is 0.495 e. The normalized spacial score (nSPS) is 10.9. The number of nitrogens with zero attached hydrogens (tertiary/aromatic N) is 4. The monoisotopic (exact) mass is 428 g/mol. The van der Waals surface area contributed by atoms with Crippen LogP contribution in [0.1, 0.15) is 16.3 Å². The predicted molar refractivity (Wildman–Crippen MR) is 114 cm³/mol. The quantitative estimate of drug-likeness (QED) is 0.375. The molecule has 0 aliphatic heterocycles. The van der Waals surface area contributed by atoms with E-state index in [1.54, 1.807) is 36.5 Å². The van der Waals surface area contributed by atoms with E-state index in [4.69, 9.17) is 21.3 Å². The molecule has 0 atom stereocenters. The van der Waals surface area contributed by atoms with Crippen LogP contribution < -0.4 is 4.74 Å². The van der Waals surface area contributed by atoms with Gasteiger partial charge in [0.1, 0.15) is 12.1 Å². The summed E-state index contributed by atoms with van der Waals surface area (Å²) in [5, 5.41) is 13.0.